The van der Waals surface area contributed by atoms with Gasteiger partial charge in [0.05, 0.1) is 16.2 Å². The topological polar surface area (TPSA) is 74.7 Å². The van der Waals surface area contributed by atoms with Crippen molar-refractivity contribution in [1.82, 2.24) is 4.90 Å². The maximum absolute atomic E-state index is 12.3. The number of carboxylic acid groups (broad SMARTS) is 1. The Hall–Kier alpha value is -1.40. The first-order chi connectivity index (χ1) is 9.88. The third-order valence-corrected chi connectivity index (χ3v) is 5.67. The summed E-state index contributed by atoms with van der Waals surface area (Å²) in [7, 11) is -1.51. The molecular formula is C15H21NO4S. The Kier molecular flexibility index (Phi) is 5.00. The first-order valence-corrected chi connectivity index (χ1v) is 8.78. The van der Waals surface area contributed by atoms with Gasteiger partial charge in [0.2, 0.25) is 0 Å². The highest BCUT2D eigenvalue weighted by molar-refractivity contribution is 7.91. The first kappa shape index (κ1) is 16.0. The monoisotopic (exact) mass is 311 g/mol. The van der Waals surface area contributed by atoms with E-state index in [-0.39, 0.29) is 16.2 Å². The maximum Gasteiger partial charge on any atom is 0.335 e. The third kappa shape index (κ3) is 4.28. The van der Waals surface area contributed by atoms with E-state index < -0.39 is 15.8 Å². The molecule has 0 saturated heterocycles. The van der Waals surface area contributed by atoms with Crippen LogP contribution in [0.25, 0.3) is 0 Å². The van der Waals surface area contributed by atoms with Crippen LogP contribution in [0.2, 0.25) is 0 Å². The minimum Gasteiger partial charge on any atom is -0.478 e. The summed E-state index contributed by atoms with van der Waals surface area (Å²) >= 11 is 0. The number of aromatic carboxylic acids is 1. The van der Waals surface area contributed by atoms with Crippen molar-refractivity contribution >= 4 is 15.8 Å². The van der Waals surface area contributed by atoms with Crippen LogP contribution in [0.3, 0.4) is 0 Å². The van der Waals surface area contributed by atoms with E-state index in [4.69, 9.17) is 5.11 Å². The molecule has 0 spiro atoms. The Morgan fingerprint density at radius 2 is 2.10 bits per heavy atom. The molecule has 1 aliphatic rings. The molecular weight excluding hydrogens is 290 g/mol. The molecule has 0 amide bonds. The lowest BCUT2D eigenvalue weighted by molar-refractivity contribution is 0.0696. The Labute approximate surface area is 125 Å². The fraction of sp³-hybridized carbons (Fsp3) is 0.533. The van der Waals surface area contributed by atoms with Gasteiger partial charge in [-0.2, -0.15) is 0 Å². The number of hydrogen-bond donors (Lipinski definition) is 1. The summed E-state index contributed by atoms with van der Waals surface area (Å²) in [5.74, 6) is -0.401. The fourth-order valence-electron chi connectivity index (χ4n) is 2.42. The van der Waals surface area contributed by atoms with E-state index in [1.807, 2.05) is 11.9 Å². The second-order valence-corrected chi connectivity index (χ2v) is 7.82. The van der Waals surface area contributed by atoms with Crippen molar-refractivity contribution in [3.8, 4) is 0 Å². The SMILES string of the molecule is CN(CCS(=O)(=O)c1cccc(C(=O)O)c1)CC1CCC1. The molecule has 1 aromatic carbocycles. The third-order valence-electron chi connectivity index (χ3n) is 3.98. The molecule has 0 atom stereocenters. The molecule has 116 valence electrons. The second-order valence-electron chi connectivity index (χ2n) is 5.71. The molecule has 5 nitrogen and oxygen atoms in total. The number of carboxylic acids is 1. The molecule has 0 aliphatic heterocycles. The molecule has 1 aromatic rings. The molecule has 2 rings (SSSR count). The molecule has 0 radical (unpaired) electrons. The van der Waals surface area contributed by atoms with Crippen LogP contribution < -0.4 is 0 Å². The molecule has 6 heteroatoms. The summed E-state index contributed by atoms with van der Waals surface area (Å²) < 4.78 is 24.5. The second kappa shape index (κ2) is 6.58. The lowest BCUT2D eigenvalue weighted by atomic mass is 9.85. The van der Waals surface area contributed by atoms with Gasteiger partial charge in [-0.15, -0.1) is 0 Å². The molecule has 21 heavy (non-hydrogen) atoms. The average molecular weight is 311 g/mol. The van der Waals surface area contributed by atoms with Gasteiger partial charge in [-0.3, -0.25) is 0 Å². The van der Waals surface area contributed by atoms with E-state index >= 15 is 0 Å². The van der Waals surface area contributed by atoms with Gasteiger partial charge in [0.25, 0.3) is 0 Å². The van der Waals surface area contributed by atoms with Gasteiger partial charge in [0, 0.05) is 13.1 Å². The summed E-state index contributed by atoms with van der Waals surface area (Å²) in [4.78, 5) is 13.0. The van der Waals surface area contributed by atoms with Crippen LogP contribution in [0.15, 0.2) is 29.2 Å². The van der Waals surface area contributed by atoms with E-state index in [0.717, 1.165) is 6.54 Å². The molecule has 0 heterocycles. The number of sulfone groups is 1. The summed E-state index contributed by atoms with van der Waals surface area (Å²) in [5, 5.41) is 8.92. The quantitative estimate of drug-likeness (QED) is 0.832. The number of hydrogen-bond acceptors (Lipinski definition) is 4. The summed E-state index contributed by atoms with van der Waals surface area (Å²) in [6.45, 7) is 1.40. The number of rotatable bonds is 7. The van der Waals surface area contributed by atoms with Crippen LogP contribution in [0.1, 0.15) is 29.6 Å². The standard InChI is InChI=1S/C15H21NO4S/c1-16(11-12-4-2-5-12)8-9-21(19,20)14-7-3-6-13(10-14)15(17)18/h3,6-7,10,12H,2,4-5,8-9,11H2,1H3,(H,17,18). The maximum atomic E-state index is 12.3. The molecule has 1 fully saturated rings. The summed E-state index contributed by atoms with van der Waals surface area (Å²) in [5.41, 5.74) is -0.00102. The van der Waals surface area contributed by atoms with E-state index in [9.17, 15) is 13.2 Å². The van der Waals surface area contributed by atoms with Gasteiger partial charge in [-0.25, -0.2) is 13.2 Å². The van der Waals surface area contributed by atoms with Gasteiger partial charge < -0.3 is 10.0 Å². The minimum atomic E-state index is -3.44. The van der Waals surface area contributed by atoms with Crippen molar-refractivity contribution in [2.75, 3.05) is 25.9 Å². The highest BCUT2D eigenvalue weighted by atomic mass is 32.2. The van der Waals surface area contributed by atoms with Gasteiger partial charge in [-0.05, 0) is 44.0 Å². The largest absolute Gasteiger partial charge is 0.478 e. The zero-order valence-electron chi connectivity index (χ0n) is 12.2. The van der Waals surface area contributed by atoms with Crippen LogP contribution >= 0.6 is 0 Å². The Bertz CT molecular complexity index is 608. The predicted molar refractivity (Wildman–Crippen MR) is 80.3 cm³/mol. The van der Waals surface area contributed by atoms with Crippen LogP contribution in [0.5, 0.6) is 0 Å². The number of carbonyl (C=O) groups is 1. The van der Waals surface area contributed by atoms with E-state index in [1.165, 1.54) is 43.5 Å². The van der Waals surface area contributed by atoms with Gasteiger partial charge in [-0.1, -0.05) is 12.5 Å². The zero-order valence-corrected chi connectivity index (χ0v) is 13.0. The minimum absolute atomic E-state index is 0.00102. The molecule has 0 bridgehead atoms. The number of nitrogens with zero attached hydrogens (tertiary/aromatic N) is 1. The first-order valence-electron chi connectivity index (χ1n) is 7.13. The van der Waals surface area contributed by atoms with Crippen LogP contribution in [0, 0.1) is 5.92 Å². The summed E-state index contributed by atoms with van der Waals surface area (Å²) in [6.07, 6.45) is 3.74. The van der Waals surface area contributed by atoms with Gasteiger partial charge >= 0.3 is 5.97 Å². The van der Waals surface area contributed by atoms with Crippen LogP contribution in [0.4, 0.5) is 0 Å². The van der Waals surface area contributed by atoms with E-state index in [1.54, 1.807) is 0 Å². The van der Waals surface area contributed by atoms with Crippen molar-refractivity contribution in [3.63, 3.8) is 0 Å². The van der Waals surface area contributed by atoms with Crippen LogP contribution in [-0.4, -0.2) is 50.3 Å². The summed E-state index contributed by atoms with van der Waals surface area (Å²) in [6, 6.07) is 5.54. The highest BCUT2D eigenvalue weighted by Crippen LogP contribution is 2.26. The van der Waals surface area contributed by atoms with Crippen molar-refractivity contribution in [3.05, 3.63) is 29.8 Å². The molecule has 1 saturated carbocycles. The Morgan fingerprint density at radius 1 is 1.38 bits per heavy atom. The zero-order chi connectivity index (χ0) is 15.5. The molecule has 1 aliphatic carbocycles. The van der Waals surface area contributed by atoms with Crippen molar-refractivity contribution < 1.29 is 18.3 Å². The lowest BCUT2D eigenvalue weighted by Crippen LogP contribution is -2.33. The number of benzene rings is 1. The highest BCUT2D eigenvalue weighted by Gasteiger charge is 2.21. The van der Waals surface area contributed by atoms with Crippen molar-refractivity contribution in [1.29, 1.82) is 0 Å². The van der Waals surface area contributed by atoms with Gasteiger partial charge in [0.1, 0.15) is 0 Å². The normalized spacial score (nSPS) is 15.9. The Morgan fingerprint density at radius 3 is 2.67 bits per heavy atom. The molecule has 0 aromatic heterocycles. The van der Waals surface area contributed by atoms with Crippen LogP contribution in [-0.2, 0) is 9.84 Å². The predicted octanol–water partition coefficient (Wildman–Crippen LogP) is 1.89. The fourth-order valence-corrected chi connectivity index (χ4v) is 3.80. The average Bonchev–Trinajstić information content (AvgIpc) is 2.41. The van der Waals surface area contributed by atoms with E-state index in [0.29, 0.717) is 12.5 Å². The smallest absolute Gasteiger partial charge is 0.335 e. The van der Waals surface area contributed by atoms with Crippen molar-refractivity contribution in [2.45, 2.75) is 24.2 Å². The molecule has 0 unspecified atom stereocenters. The van der Waals surface area contributed by atoms with E-state index in [2.05, 4.69) is 0 Å². The Balaban J connectivity index is 1.97. The van der Waals surface area contributed by atoms with Crippen molar-refractivity contribution in [2.24, 2.45) is 5.92 Å². The van der Waals surface area contributed by atoms with Gasteiger partial charge in [0.15, 0.2) is 9.84 Å². The lowest BCUT2D eigenvalue weighted by Gasteiger charge is -2.30. The molecule has 1 N–H and O–H groups in total.